The van der Waals surface area contributed by atoms with Crippen molar-refractivity contribution in [3.63, 3.8) is 0 Å². The summed E-state index contributed by atoms with van der Waals surface area (Å²) in [5.74, 6) is -3.32. The SMILES string of the molecule is CCOC(=O)COc1c(F)cccc1C(=O)O. The zero-order valence-electron chi connectivity index (χ0n) is 9.10. The predicted octanol–water partition coefficient (Wildman–Crippen LogP) is 1.47. The maximum atomic E-state index is 13.3. The van der Waals surface area contributed by atoms with Crippen LogP contribution in [0.5, 0.6) is 5.75 Å². The first-order valence-corrected chi connectivity index (χ1v) is 4.86. The molecule has 6 heteroatoms. The number of hydrogen-bond acceptors (Lipinski definition) is 4. The van der Waals surface area contributed by atoms with Gasteiger partial charge in [-0.1, -0.05) is 6.07 Å². The number of carbonyl (C=O) groups excluding carboxylic acids is 1. The van der Waals surface area contributed by atoms with Gasteiger partial charge in [0.15, 0.2) is 18.2 Å². The molecule has 0 heterocycles. The van der Waals surface area contributed by atoms with Gasteiger partial charge in [-0.2, -0.15) is 0 Å². The molecule has 1 rings (SSSR count). The van der Waals surface area contributed by atoms with Gasteiger partial charge < -0.3 is 14.6 Å². The van der Waals surface area contributed by atoms with Gasteiger partial charge in [0.25, 0.3) is 0 Å². The number of para-hydroxylation sites is 1. The number of aromatic carboxylic acids is 1. The molecule has 1 aromatic rings. The Kier molecular flexibility index (Phi) is 4.45. The maximum absolute atomic E-state index is 13.3. The number of ether oxygens (including phenoxy) is 2. The van der Waals surface area contributed by atoms with Gasteiger partial charge in [0.1, 0.15) is 5.56 Å². The maximum Gasteiger partial charge on any atom is 0.344 e. The van der Waals surface area contributed by atoms with E-state index in [2.05, 4.69) is 4.74 Å². The lowest BCUT2D eigenvalue weighted by molar-refractivity contribution is -0.145. The molecule has 1 aromatic carbocycles. The van der Waals surface area contributed by atoms with Crippen molar-refractivity contribution >= 4 is 11.9 Å². The topological polar surface area (TPSA) is 72.8 Å². The van der Waals surface area contributed by atoms with Gasteiger partial charge in [-0.05, 0) is 19.1 Å². The number of esters is 1. The van der Waals surface area contributed by atoms with Gasteiger partial charge in [-0.3, -0.25) is 0 Å². The highest BCUT2D eigenvalue weighted by Gasteiger charge is 2.16. The molecule has 0 fully saturated rings. The molecule has 0 aromatic heterocycles. The van der Waals surface area contributed by atoms with Crippen molar-refractivity contribution in [2.24, 2.45) is 0 Å². The minimum Gasteiger partial charge on any atom is -0.478 e. The zero-order chi connectivity index (χ0) is 12.8. The first-order chi connectivity index (χ1) is 8.06. The van der Waals surface area contributed by atoms with Gasteiger partial charge in [0, 0.05) is 0 Å². The Balaban J connectivity index is 2.82. The summed E-state index contributed by atoms with van der Waals surface area (Å²) in [4.78, 5) is 21.8. The van der Waals surface area contributed by atoms with Crippen molar-refractivity contribution in [2.45, 2.75) is 6.92 Å². The van der Waals surface area contributed by atoms with E-state index in [1.807, 2.05) is 0 Å². The quantitative estimate of drug-likeness (QED) is 0.791. The van der Waals surface area contributed by atoms with E-state index >= 15 is 0 Å². The second kappa shape index (κ2) is 5.83. The first-order valence-electron chi connectivity index (χ1n) is 4.86. The average molecular weight is 242 g/mol. The van der Waals surface area contributed by atoms with Crippen LogP contribution in [0, 0.1) is 5.82 Å². The minimum absolute atomic E-state index is 0.172. The Hall–Kier alpha value is -2.11. The Morgan fingerprint density at radius 3 is 2.71 bits per heavy atom. The third kappa shape index (κ3) is 3.44. The number of carbonyl (C=O) groups is 2. The monoisotopic (exact) mass is 242 g/mol. The van der Waals surface area contributed by atoms with Crippen molar-refractivity contribution in [3.8, 4) is 5.75 Å². The smallest absolute Gasteiger partial charge is 0.344 e. The van der Waals surface area contributed by atoms with Gasteiger partial charge in [-0.15, -0.1) is 0 Å². The second-order valence-electron chi connectivity index (χ2n) is 3.02. The molecule has 0 spiro atoms. The molecule has 0 bridgehead atoms. The van der Waals surface area contributed by atoms with Gasteiger partial charge >= 0.3 is 11.9 Å². The number of carboxylic acids is 1. The highest BCUT2D eigenvalue weighted by atomic mass is 19.1. The van der Waals surface area contributed by atoms with E-state index in [1.165, 1.54) is 12.1 Å². The fourth-order valence-corrected chi connectivity index (χ4v) is 1.16. The van der Waals surface area contributed by atoms with Crippen LogP contribution in [0.4, 0.5) is 4.39 Å². The van der Waals surface area contributed by atoms with Crippen LogP contribution in [0.2, 0.25) is 0 Å². The zero-order valence-corrected chi connectivity index (χ0v) is 9.10. The molecule has 1 N–H and O–H groups in total. The van der Waals surface area contributed by atoms with E-state index in [-0.39, 0.29) is 12.2 Å². The van der Waals surface area contributed by atoms with Crippen molar-refractivity contribution in [1.29, 1.82) is 0 Å². The van der Waals surface area contributed by atoms with Crippen LogP contribution in [0.1, 0.15) is 17.3 Å². The fraction of sp³-hybridized carbons (Fsp3) is 0.273. The van der Waals surface area contributed by atoms with Gasteiger partial charge in [0.2, 0.25) is 0 Å². The molecule has 0 radical (unpaired) electrons. The molecule has 0 atom stereocenters. The van der Waals surface area contributed by atoms with Crippen LogP contribution in [0.15, 0.2) is 18.2 Å². The van der Waals surface area contributed by atoms with Gasteiger partial charge in [-0.25, -0.2) is 14.0 Å². The summed E-state index contributed by atoms with van der Waals surface area (Å²) in [5.41, 5.74) is -0.339. The van der Waals surface area contributed by atoms with Crippen molar-refractivity contribution in [3.05, 3.63) is 29.6 Å². The van der Waals surface area contributed by atoms with Crippen molar-refractivity contribution < 1.29 is 28.6 Å². The third-order valence-electron chi connectivity index (χ3n) is 1.84. The molecule has 0 saturated heterocycles. The van der Waals surface area contributed by atoms with Crippen LogP contribution < -0.4 is 4.74 Å². The molecule has 0 amide bonds. The highest BCUT2D eigenvalue weighted by molar-refractivity contribution is 5.91. The fourth-order valence-electron chi connectivity index (χ4n) is 1.16. The number of benzene rings is 1. The van der Waals surface area contributed by atoms with Crippen LogP contribution in [-0.2, 0) is 9.53 Å². The number of rotatable bonds is 5. The Morgan fingerprint density at radius 1 is 1.41 bits per heavy atom. The highest BCUT2D eigenvalue weighted by Crippen LogP contribution is 2.22. The summed E-state index contributed by atoms with van der Waals surface area (Å²) >= 11 is 0. The Morgan fingerprint density at radius 2 is 2.12 bits per heavy atom. The predicted molar refractivity (Wildman–Crippen MR) is 55.5 cm³/mol. The summed E-state index contributed by atoms with van der Waals surface area (Å²) < 4.78 is 22.7. The van der Waals surface area contributed by atoms with E-state index < -0.39 is 30.1 Å². The van der Waals surface area contributed by atoms with Crippen LogP contribution >= 0.6 is 0 Å². The second-order valence-corrected chi connectivity index (χ2v) is 3.02. The average Bonchev–Trinajstić information content (AvgIpc) is 2.27. The summed E-state index contributed by atoms with van der Waals surface area (Å²) in [5, 5.41) is 8.80. The Labute approximate surface area is 96.8 Å². The van der Waals surface area contributed by atoms with Crippen LogP contribution in [0.25, 0.3) is 0 Å². The largest absolute Gasteiger partial charge is 0.478 e. The number of carboxylic acid groups (broad SMARTS) is 1. The molecule has 5 nitrogen and oxygen atoms in total. The molecular formula is C11H11FO5. The molecule has 0 aliphatic rings. The number of hydrogen-bond donors (Lipinski definition) is 1. The number of halogens is 1. The lowest BCUT2D eigenvalue weighted by Crippen LogP contribution is -2.16. The standard InChI is InChI=1S/C11H11FO5/c1-2-16-9(13)6-17-10-7(11(14)15)4-3-5-8(10)12/h3-5H,2,6H2,1H3,(H,14,15). The molecule has 0 aliphatic carbocycles. The summed E-state index contributed by atoms with van der Waals surface area (Å²) in [6.07, 6.45) is 0. The Bertz CT molecular complexity index is 430. The van der Waals surface area contributed by atoms with Gasteiger partial charge in [0.05, 0.1) is 6.61 Å². The molecule has 0 unspecified atom stereocenters. The first kappa shape index (κ1) is 13.0. The van der Waals surface area contributed by atoms with E-state index in [1.54, 1.807) is 6.92 Å². The van der Waals surface area contributed by atoms with Crippen molar-refractivity contribution in [1.82, 2.24) is 0 Å². The molecular weight excluding hydrogens is 231 g/mol. The normalized spacial score (nSPS) is 9.76. The van der Waals surface area contributed by atoms with Crippen LogP contribution in [-0.4, -0.2) is 30.3 Å². The third-order valence-corrected chi connectivity index (χ3v) is 1.84. The van der Waals surface area contributed by atoms with E-state index in [0.29, 0.717) is 0 Å². The lowest BCUT2D eigenvalue weighted by Gasteiger charge is -2.09. The molecule has 17 heavy (non-hydrogen) atoms. The molecule has 0 aliphatic heterocycles. The summed E-state index contributed by atoms with van der Waals surface area (Å²) in [6, 6.07) is 3.48. The molecule has 92 valence electrons. The van der Waals surface area contributed by atoms with Crippen LogP contribution in [0.3, 0.4) is 0 Å². The van der Waals surface area contributed by atoms with E-state index in [0.717, 1.165) is 6.07 Å². The van der Waals surface area contributed by atoms with E-state index in [4.69, 9.17) is 9.84 Å². The summed E-state index contributed by atoms with van der Waals surface area (Å²) in [6.45, 7) is 1.25. The van der Waals surface area contributed by atoms with Crippen molar-refractivity contribution in [2.75, 3.05) is 13.2 Å². The summed E-state index contributed by atoms with van der Waals surface area (Å²) in [7, 11) is 0. The lowest BCUT2D eigenvalue weighted by atomic mass is 10.2. The molecule has 0 saturated carbocycles. The van der Waals surface area contributed by atoms with E-state index in [9.17, 15) is 14.0 Å². The minimum atomic E-state index is -1.33.